The van der Waals surface area contributed by atoms with Gasteiger partial charge in [0.1, 0.15) is 0 Å². The summed E-state index contributed by atoms with van der Waals surface area (Å²) in [4.78, 5) is 0. The third-order valence-electron chi connectivity index (χ3n) is 9.64. The molecular formula is C25H46. The third-order valence-corrected chi connectivity index (χ3v) is 9.64. The van der Waals surface area contributed by atoms with Crippen LogP contribution in [0.5, 0.6) is 0 Å². The van der Waals surface area contributed by atoms with Crippen molar-refractivity contribution >= 4 is 0 Å². The van der Waals surface area contributed by atoms with Gasteiger partial charge in [0, 0.05) is 0 Å². The fourth-order valence-corrected chi connectivity index (χ4v) is 7.15. The molecule has 2 rings (SSSR count). The molecule has 0 heteroatoms. The van der Waals surface area contributed by atoms with E-state index in [4.69, 9.17) is 0 Å². The molecule has 0 amide bonds. The first-order chi connectivity index (χ1) is 11.8. The minimum absolute atomic E-state index is 0.477. The van der Waals surface area contributed by atoms with E-state index in [2.05, 4.69) is 62.3 Å². The third kappa shape index (κ3) is 3.25. The van der Waals surface area contributed by atoms with Crippen molar-refractivity contribution in [3.63, 3.8) is 0 Å². The first kappa shape index (κ1) is 21.0. The summed E-state index contributed by atoms with van der Waals surface area (Å²) in [5.74, 6) is 4.48. The molecule has 0 radical (unpaired) electrons. The van der Waals surface area contributed by atoms with Crippen LogP contribution in [0.2, 0.25) is 0 Å². The highest BCUT2D eigenvalue weighted by atomic mass is 14.6. The first-order valence-electron chi connectivity index (χ1n) is 11.4. The molecule has 0 heterocycles. The van der Waals surface area contributed by atoms with Gasteiger partial charge in [-0.15, -0.1) is 0 Å². The Morgan fingerprint density at radius 3 is 1.84 bits per heavy atom. The number of hydrogen-bond acceptors (Lipinski definition) is 0. The molecule has 2 aliphatic rings. The van der Waals surface area contributed by atoms with E-state index < -0.39 is 0 Å². The summed E-state index contributed by atoms with van der Waals surface area (Å²) in [6, 6.07) is 0. The fourth-order valence-electron chi connectivity index (χ4n) is 7.15. The van der Waals surface area contributed by atoms with E-state index in [1.165, 1.54) is 44.9 Å². The predicted octanol–water partition coefficient (Wildman–Crippen LogP) is 8.27. The van der Waals surface area contributed by atoms with E-state index >= 15 is 0 Å². The van der Waals surface area contributed by atoms with E-state index in [1.54, 1.807) is 11.1 Å². The van der Waals surface area contributed by atoms with Crippen molar-refractivity contribution in [3.05, 3.63) is 11.1 Å². The molecule has 0 aromatic rings. The van der Waals surface area contributed by atoms with Crippen molar-refractivity contribution in [3.8, 4) is 0 Å². The minimum atomic E-state index is 0.477. The van der Waals surface area contributed by atoms with Gasteiger partial charge in [-0.3, -0.25) is 0 Å². The number of allylic oxidation sites excluding steroid dienone is 2. The summed E-state index contributed by atoms with van der Waals surface area (Å²) < 4.78 is 0. The molecule has 0 N–H and O–H groups in total. The van der Waals surface area contributed by atoms with Crippen LogP contribution in [0.15, 0.2) is 11.1 Å². The van der Waals surface area contributed by atoms with Crippen molar-refractivity contribution in [2.45, 2.75) is 107 Å². The molecule has 1 saturated carbocycles. The molecule has 0 saturated heterocycles. The minimum Gasteiger partial charge on any atom is -0.0713 e. The topological polar surface area (TPSA) is 0 Å². The summed E-state index contributed by atoms with van der Waals surface area (Å²) in [6.45, 7) is 22.4. The van der Waals surface area contributed by atoms with Gasteiger partial charge in [-0.1, -0.05) is 78.9 Å². The summed E-state index contributed by atoms with van der Waals surface area (Å²) in [5.41, 5.74) is 4.46. The average molecular weight is 347 g/mol. The van der Waals surface area contributed by atoms with Gasteiger partial charge in [0.15, 0.2) is 0 Å². The van der Waals surface area contributed by atoms with Gasteiger partial charge >= 0.3 is 0 Å². The van der Waals surface area contributed by atoms with Crippen LogP contribution < -0.4 is 0 Å². The van der Waals surface area contributed by atoms with E-state index in [0.717, 1.165) is 29.6 Å². The molecule has 0 aliphatic heterocycles. The smallest absolute Gasteiger partial charge is 0.0169 e. The van der Waals surface area contributed by atoms with Gasteiger partial charge in [0.05, 0.1) is 0 Å². The SMILES string of the molecule is CCC1C2CC2C(C)=C(C)C(C)CC1C(CC)(CC)C(C)(CC)CC. The maximum absolute atomic E-state index is 2.62. The molecule has 5 atom stereocenters. The van der Waals surface area contributed by atoms with Gasteiger partial charge in [0.25, 0.3) is 0 Å². The second-order valence-corrected chi connectivity index (χ2v) is 9.82. The summed E-state index contributed by atoms with van der Waals surface area (Å²) in [6.07, 6.45) is 9.65. The zero-order chi connectivity index (χ0) is 19.0. The molecule has 0 bridgehead atoms. The first-order valence-corrected chi connectivity index (χ1v) is 11.4. The molecule has 0 aromatic heterocycles. The molecular weight excluding hydrogens is 300 g/mol. The number of rotatable bonds is 7. The largest absolute Gasteiger partial charge is 0.0713 e. The Labute approximate surface area is 159 Å². The molecule has 0 aromatic carbocycles. The van der Waals surface area contributed by atoms with E-state index in [0.29, 0.717) is 10.8 Å². The summed E-state index contributed by atoms with van der Waals surface area (Å²) in [5, 5.41) is 0. The standard InChI is InChI=1S/C25H46/c1-10-20-22-16-21(22)19(8)18(7)17(6)15-23(20)25(13-4,14-5)24(9,11-2)12-3/h17,20-23H,10-16H2,1-9H3. The number of hydrogen-bond donors (Lipinski definition) is 0. The lowest BCUT2D eigenvalue weighted by atomic mass is 9.49. The van der Waals surface area contributed by atoms with Crippen molar-refractivity contribution in [1.82, 2.24) is 0 Å². The van der Waals surface area contributed by atoms with Crippen LogP contribution in [-0.2, 0) is 0 Å². The maximum atomic E-state index is 2.62. The van der Waals surface area contributed by atoms with Crippen LogP contribution in [0.3, 0.4) is 0 Å². The van der Waals surface area contributed by atoms with Crippen molar-refractivity contribution < 1.29 is 0 Å². The maximum Gasteiger partial charge on any atom is -0.0169 e. The van der Waals surface area contributed by atoms with Crippen LogP contribution in [0.25, 0.3) is 0 Å². The molecule has 0 nitrogen and oxygen atoms in total. The van der Waals surface area contributed by atoms with Crippen LogP contribution in [0.4, 0.5) is 0 Å². The molecule has 25 heavy (non-hydrogen) atoms. The molecule has 146 valence electrons. The van der Waals surface area contributed by atoms with Crippen LogP contribution in [0.1, 0.15) is 107 Å². The Hall–Kier alpha value is -0.260. The lowest BCUT2D eigenvalue weighted by Gasteiger charge is -2.56. The van der Waals surface area contributed by atoms with E-state index in [9.17, 15) is 0 Å². The Morgan fingerprint density at radius 1 is 0.840 bits per heavy atom. The normalized spacial score (nSPS) is 33.7. The van der Waals surface area contributed by atoms with Gasteiger partial charge in [-0.25, -0.2) is 0 Å². The van der Waals surface area contributed by atoms with Crippen LogP contribution in [-0.4, -0.2) is 0 Å². The second kappa shape index (κ2) is 7.77. The number of fused-ring (bicyclic) bond motifs is 1. The van der Waals surface area contributed by atoms with Gasteiger partial charge < -0.3 is 0 Å². The van der Waals surface area contributed by atoms with Gasteiger partial charge in [-0.05, 0) is 80.0 Å². The van der Waals surface area contributed by atoms with Gasteiger partial charge in [-0.2, -0.15) is 0 Å². The molecule has 5 unspecified atom stereocenters. The van der Waals surface area contributed by atoms with Crippen molar-refractivity contribution in [1.29, 1.82) is 0 Å². The Morgan fingerprint density at radius 2 is 1.40 bits per heavy atom. The summed E-state index contributed by atoms with van der Waals surface area (Å²) >= 11 is 0. The van der Waals surface area contributed by atoms with E-state index in [1.807, 2.05) is 0 Å². The highest BCUT2D eigenvalue weighted by Crippen LogP contribution is 2.64. The second-order valence-electron chi connectivity index (χ2n) is 9.82. The Balaban J connectivity index is 2.55. The molecule has 0 spiro atoms. The summed E-state index contributed by atoms with van der Waals surface area (Å²) in [7, 11) is 0. The highest BCUT2D eigenvalue weighted by molar-refractivity contribution is 5.24. The Kier molecular flexibility index (Phi) is 6.54. The quantitative estimate of drug-likeness (QED) is 0.407. The molecule has 2 aliphatic carbocycles. The average Bonchev–Trinajstić information content (AvgIpc) is 3.41. The highest BCUT2D eigenvalue weighted by Gasteiger charge is 2.56. The fraction of sp³-hybridized carbons (Fsp3) is 0.920. The van der Waals surface area contributed by atoms with Crippen molar-refractivity contribution in [2.24, 2.45) is 40.4 Å². The van der Waals surface area contributed by atoms with Crippen LogP contribution >= 0.6 is 0 Å². The lowest BCUT2D eigenvalue weighted by molar-refractivity contribution is -0.0661. The monoisotopic (exact) mass is 346 g/mol. The van der Waals surface area contributed by atoms with E-state index in [-0.39, 0.29) is 0 Å². The van der Waals surface area contributed by atoms with Gasteiger partial charge in [0.2, 0.25) is 0 Å². The zero-order valence-corrected chi connectivity index (χ0v) is 18.8. The predicted molar refractivity (Wildman–Crippen MR) is 113 cm³/mol. The van der Waals surface area contributed by atoms with Crippen molar-refractivity contribution in [2.75, 3.05) is 0 Å². The lowest BCUT2D eigenvalue weighted by Crippen LogP contribution is -2.48. The molecule has 1 fully saturated rings. The van der Waals surface area contributed by atoms with Crippen LogP contribution in [0, 0.1) is 40.4 Å². The zero-order valence-electron chi connectivity index (χ0n) is 18.8. The Bertz CT molecular complexity index is 474.